The molecule has 0 atom stereocenters. The van der Waals surface area contributed by atoms with Crippen LogP contribution in [0.2, 0.25) is 0 Å². The van der Waals surface area contributed by atoms with E-state index in [2.05, 4.69) is 25.6 Å². The van der Waals surface area contributed by atoms with E-state index in [4.69, 9.17) is 9.72 Å². The highest BCUT2D eigenvalue weighted by molar-refractivity contribution is 5.92. The van der Waals surface area contributed by atoms with E-state index in [9.17, 15) is 4.79 Å². The molecule has 0 unspecified atom stereocenters. The smallest absolute Gasteiger partial charge is 0.248 e. The van der Waals surface area contributed by atoms with Gasteiger partial charge in [0.25, 0.3) is 0 Å². The van der Waals surface area contributed by atoms with Crippen molar-refractivity contribution in [3.63, 3.8) is 0 Å². The summed E-state index contributed by atoms with van der Waals surface area (Å²) in [5.74, 6) is 2.42. The summed E-state index contributed by atoms with van der Waals surface area (Å²) in [6.45, 7) is 3.12. The second-order valence-corrected chi connectivity index (χ2v) is 8.64. The number of aromatic nitrogens is 4. The minimum absolute atomic E-state index is 0.0492. The van der Waals surface area contributed by atoms with Crippen LogP contribution in [0.15, 0.2) is 24.3 Å². The number of hydrogen-bond donors (Lipinski definition) is 0. The molecule has 3 aromatic rings. The second kappa shape index (κ2) is 8.78. The Morgan fingerprint density at radius 2 is 1.87 bits per heavy atom. The zero-order chi connectivity index (χ0) is 21.2. The zero-order valence-corrected chi connectivity index (χ0v) is 18.2. The largest absolute Gasteiger partial charge is 0.375 e. The van der Waals surface area contributed by atoms with Crippen LogP contribution in [0.1, 0.15) is 50.3 Å². The molecule has 8 heteroatoms. The van der Waals surface area contributed by atoms with E-state index in [1.807, 2.05) is 23.1 Å². The number of carbonyl (C=O) groups excluding carboxylic acids is 1. The SMILES string of the molecule is COCC(=O)N1CCCN(c2nc3ccccc3c3nnc(C4CCCCC4)n23)CC1. The van der Waals surface area contributed by atoms with Gasteiger partial charge in [0, 0.05) is 44.6 Å². The van der Waals surface area contributed by atoms with Gasteiger partial charge in [-0.2, -0.15) is 0 Å². The van der Waals surface area contributed by atoms with Gasteiger partial charge in [0.1, 0.15) is 12.4 Å². The molecule has 8 nitrogen and oxygen atoms in total. The van der Waals surface area contributed by atoms with Crippen molar-refractivity contribution in [2.24, 2.45) is 0 Å². The number of benzene rings is 1. The third kappa shape index (κ3) is 3.84. The van der Waals surface area contributed by atoms with E-state index < -0.39 is 0 Å². The molecule has 1 saturated carbocycles. The lowest BCUT2D eigenvalue weighted by Crippen LogP contribution is -2.37. The zero-order valence-electron chi connectivity index (χ0n) is 18.2. The first kappa shape index (κ1) is 20.2. The minimum atomic E-state index is 0.0492. The molecule has 1 saturated heterocycles. The van der Waals surface area contributed by atoms with E-state index in [1.165, 1.54) is 19.3 Å². The average Bonchev–Trinajstić information content (AvgIpc) is 3.11. The number of rotatable bonds is 4. The first-order chi connectivity index (χ1) is 15.3. The van der Waals surface area contributed by atoms with Crippen LogP contribution in [-0.4, -0.2) is 70.3 Å². The first-order valence-corrected chi connectivity index (χ1v) is 11.4. The molecule has 1 aliphatic carbocycles. The molecule has 0 N–H and O–H groups in total. The van der Waals surface area contributed by atoms with E-state index in [-0.39, 0.29) is 12.5 Å². The molecule has 1 aliphatic heterocycles. The topological polar surface area (TPSA) is 75.9 Å². The number of amides is 1. The lowest BCUT2D eigenvalue weighted by molar-refractivity contribution is -0.134. The summed E-state index contributed by atoms with van der Waals surface area (Å²) in [4.78, 5) is 21.6. The van der Waals surface area contributed by atoms with Gasteiger partial charge in [-0.25, -0.2) is 9.38 Å². The number of methoxy groups -OCH3 is 1. The summed E-state index contributed by atoms with van der Waals surface area (Å²) >= 11 is 0. The molecule has 1 amide bonds. The third-order valence-electron chi connectivity index (χ3n) is 6.62. The third-order valence-corrected chi connectivity index (χ3v) is 6.62. The van der Waals surface area contributed by atoms with Crippen LogP contribution in [0.5, 0.6) is 0 Å². The molecular weight excluding hydrogens is 392 g/mol. The number of fused-ring (bicyclic) bond motifs is 3. The fourth-order valence-electron chi connectivity index (χ4n) is 5.00. The summed E-state index contributed by atoms with van der Waals surface area (Å²) in [6, 6.07) is 8.17. The van der Waals surface area contributed by atoms with Crippen LogP contribution in [0.4, 0.5) is 5.95 Å². The van der Waals surface area contributed by atoms with Crippen LogP contribution in [0.25, 0.3) is 16.6 Å². The molecule has 2 aromatic heterocycles. The molecule has 0 bridgehead atoms. The number of carbonyl (C=O) groups is 1. The van der Waals surface area contributed by atoms with Crippen molar-refractivity contribution in [1.29, 1.82) is 0 Å². The molecule has 2 aliphatic rings. The van der Waals surface area contributed by atoms with Crippen molar-refractivity contribution >= 4 is 28.4 Å². The number of hydrogen-bond acceptors (Lipinski definition) is 6. The van der Waals surface area contributed by atoms with Crippen LogP contribution < -0.4 is 4.90 Å². The average molecular weight is 423 g/mol. The van der Waals surface area contributed by atoms with E-state index in [1.54, 1.807) is 7.11 Å². The number of anilines is 1. The van der Waals surface area contributed by atoms with E-state index in [0.717, 1.165) is 67.2 Å². The molecular formula is C23H30N6O2. The van der Waals surface area contributed by atoms with Crippen LogP contribution in [0.3, 0.4) is 0 Å². The first-order valence-electron chi connectivity index (χ1n) is 11.4. The quantitative estimate of drug-likeness (QED) is 0.643. The molecule has 3 heterocycles. The van der Waals surface area contributed by atoms with E-state index >= 15 is 0 Å². The van der Waals surface area contributed by atoms with Gasteiger partial charge in [0.05, 0.1) is 5.52 Å². The van der Waals surface area contributed by atoms with Crippen molar-refractivity contribution in [3.8, 4) is 0 Å². The van der Waals surface area contributed by atoms with Gasteiger partial charge in [0.15, 0.2) is 5.65 Å². The summed E-state index contributed by atoms with van der Waals surface area (Å²) < 4.78 is 7.25. The van der Waals surface area contributed by atoms with Gasteiger partial charge in [-0.15, -0.1) is 10.2 Å². The van der Waals surface area contributed by atoms with Gasteiger partial charge in [0.2, 0.25) is 11.9 Å². The standard InChI is InChI=1S/C23H30N6O2/c1-31-16-20(30)27-12-7-13-28(15-14-27)23-24-19-11-6-5-10-18(19)22-26-25-21(29(22)23)17-8-3-2-4-9-17/h5-6,10-11,17H,2-4,7-9,12-16H2,1H3. The second-order valence-electron chi connectivity index (χ2n) is 8.64. The summed E-state index contributed by atoms with van der Waals surface area (Å²) in [7, 11) is 1.57. The van der Waals surface area contributed by atoms with Crippen molar-refractivity contribution in [2.75, 3.05) is 44.8 Å². The maximum absolute atomic E-state index is 12.3. The lowest BCUT2D eigenvalue weighted by Gasteiger charge is -2.26. The highest BCUT2D eigenvalue weighted by atomic mass is 16.5. The highest BCUT2D eigenvalue weighted by Gasteiger charge is 2.27. The monoisotopic (exact) mass is 422 g/mol. The maximum atomic E-state index is 12.3. The molecule has 164 valence electrons. The Morgan fingerprint density at radius 3 is 2.71 bits per heavy atom. The summed E-state index contributed by atoms with van der Waals surface area (Å²) in [5.41, 5.74) is 1.82. The van der Waals surface area contributed by atoms with Crippen molar-refractivity contribution < 1.29 is 9.53 Å². The molecule has 1 aromatic carbocycles. The fourth-order valence-corrected chi connectivity index (χ4v) is 5.00. The number of para-hydroxylation sites is 1. The van der Waals surface area contributed by atoms with E-state index in [0.29, 0.717) is 12.5 Å². The van der Waals surface area contributed by atoms with Gasteiger partial charge >= 0.3 is 0 Å². The minimum Gasteiger partial charge on any atom is -0.375 e. The molecule has 31 heavy (non-hydrogen) atoms. The van der Waals surface area contributed by atoms with Gasteiger partial charge < -0.3 is 14.5 Å². The van der Waals surface area contributed by atoms with Crippen molar-refractivity contribution in [2.45, 2.75) is 44.4 Å². The Morgan fingerprint density at radius 1 is 1.03 bits per heavy atom. The van der Waals surface area contributed by atoms with Crippen LogP contribution in [-0.2, 0) is 9.53 Å². The highest BCUT2D eigenvalue weighted by Crippen LogP contribution is 2.34. The Labute approximate surface area is 182 Å². The Bertz CT molecular complexity index is 1070. The Balaban J connectivity index is 1.56. The van der Waals surface area contributed by atoms with Crippen LogP contribution >= 0.6 is 0 Å². The summed E-state index contributed by atoms with van der Waals surface area (Å²) in [5, 5.41) is 10.3. The van der Waals surface area contributed by atoms with Gasteiger partial charge in [-0.05, 0) is 31.4 Å². The number of ether oxygens (including phenoxy) is 1. The Kier molecular flexibility index (Phi) is 5.72. The van der Waals surface area contributed by atoms with Gasteiger partial charge in [-0.1, -0.05) is 31.4 Å². The molecule has 5 rings (SSSR count). The van der Waals surface area contributed by atoms with Gasteiger partial charge in [-0.3, -0.25) is 4.79 Å². The molecule has 0 spiro atoms. The summed E-state index contributed by atoms with van der Waals surface area (Å²) in [6.07, 6.45) is 7.01. The molecule has 2 fully saturated rings. The maximum Gasteiger partial charge on any atom is 0.248 e. The molecule has 0 radical (unpaired) electrons. The van der Waals surface area contributed by atoms with Crippen molar-refractivity contribution in [1.82, 2.24) is 24.5 Å². The fraction of sp³-hybridized carbons (Fsp3) is 0.565. The Hall–Kier alpha value is -2.74. The van der Waals surface area contributed by atoms with Crippen LogP contribution in [0, 0.1) is 0 Å². The predicted molar refractivity (Wildman–Crippen MR) is 119 cm³/mol. The normalized spacial score (nSPS) is 18.6. The number of nitrogens with zero attached hydrogens (tertiary/aromatic N) is 6. The lowest BCUT2D eigenvalue weighted by atomic mass is 9.89. The van der Waals surface area contributed by atoms with Crippen molar-refractivity contribution in [3.05, 3.63) is 30.1 Å². The predicted octanol–water partition coefficient (Wildman–Crippen LogP) is 3.01.